The molecule has 15 heteroatoms. The van der Waals surface area contributed by atoms with Crippen LogP contribution < -0.4 is 10.3 Å². The predicted octanol–water partition coefficient (Wildman–Crippen LogP) is 0.963. The molecule has 3 aromatic carbocycles. The van der Waals surface area contributed by atoms with Gasteiger partial charge in [-0.15, -0.1) is 0 Å². The van der Waals surface area contributed by atoms with Gasteiger partial charge in [0.2, 0.25) is 0 Å². The van der Waals surface area contributed by atoms with Gasteiger partial charge < -0.3 is 49.6 Å². The summed E-state index contributed by atoms with van der Waals surface area (Å²) in [4.78, 5) is 37.6. The summed E-state index contributed by atoms with van der Waals surface area (Å²) in [6.07, 6.45) is -6.62. The predicted molar refractivity (Wildman–Crippen MR) is 159 cm³/mol. The summed E-state index contributed by atoms with van der Waals surface area (Å²) in [6.45, 7) is -0.665. The Bertz CT molecular complexity index is 2200. The van der Waals surface area contributed by atoms with Gasteiger partial charge in [-0.2, -0.15) is 4.73 Å². The van der Waals surface area contributed by atoms with Gasteiger partial charge in [0.25, 0.3) is 18.1 Å². The summed E-state index contributed by atoms with van der Waals surface area (Å²) in [5.74, 6) is -1.06. The Morgan fingerprint density at radius 3 is 2.33 bits per heavy atom. The number of aromatic hydroxyl groups is 2. The van der Waals surface area contributed by atoms with Crippen molar-refractivity contribution < 1.29 is 54.2 Å². The Balaban J connectivity index is 1.42. The molecule has 0 aliphatic carbocycles. The van der Waals surface area contributed by atoms with Gasteiger partial charge in [-0.1, -0.05) is 0 Å². The molecule has 0 unspecified atom stereocenters. The second-order valence-corrected chi connectivity index (χ2v) is 11.2. The maximum atomic E-state index is 14.2. The molecule has 6 aromatic rings. The molecule has 5 heterocycles. The molecule has 2 amide bonds. The standard InChI is InChI=1S/C31H26N4O11/c36-11-19-26(39)27(40)28(41)31(45-19)46-35-18-9-13(38)4-6-16(18)21-23-22(29(42)34(30(23)43)32-10-14-2-1-7-44-14)20-15-5-3-12(37)8-17(15)33-24(20)25(21)35/h1-9,19,26-28,31-33,36-41H,10-11H2/t19-,26-,27+,28-,31+/m1/s1. The van der Waals surface area contributed by atoms with Crippen LogP contribution >= 0.6 is 0 Å². The van der Waals surface area contributed by atoms with Crippen molar-refractivity contribution in [3.63, 3.8) is 0 Å². The van der Waals surface area contributed by atoms with E-state index in [-0.39, 0.29) is 45.6 Å². The van der Waals surface area contributed by atoms with E-state index in [0.29, 0.717) is 33.0 Å². The van der Waals surface area contributed by atoms with Gasteiger partial charge in [0.15, 0.2) is 0 Å². The zero-order valence-corrected chi connectivity index (χ0v) is 23.6. The number of aromatic nitrogens is 2. The lowest BCUT2D eigenvalue weighted by Gasteiger charge is -2.39. The van der Waals surface area contributed by atoms with E-state index in [0.717, 1.165) is 5.01 Å². The summed E-state index contributed by atoms with van der Waals surface area (Å²) in [5, 5.41) is 64.5. The quantitative estimate of drug-likeness (QED) is 0.121. The molecule has 236 valence electrons. The first-order valence-electron chi connectivity index (χ1n) is 14.3. The second-order valence-electron chi connectivity index (χ2n) is 11.2. The highest BCUT2D eigenvalue weighted by atomic mass is 16.8. The third kappa shape index (κ3) is 3.94. The minimum atomic E-state index is -1.78. The van der Waals surface area contributed by atoms with Crippen LogP contribution in [-0.4, -0.2) is 94.5 Å². The van der Waals surface area contributed by atoms with Crippen molar-refractivity contribution >= 4 is 55.4 Å². The van der Waals surface area contributed by atoms with E-state index in [4.69, 9.17) is 14.0 Å². The highest BCUT2D eigenvalue weighted by Gasteiger charge is 2.46. The molecule has 3 aromatic heterocycles. The fourth-order valence-corrected chi connectivity index (χ4v) is 6.43. The molecule has 0 radical (unpaired) electrons. The molecular formula is C31H26N4O11. The van der Waals surface area contributed by atoms with Crippen LogP contribution in [0.25, 0.3) is 43.6 Å². The number of phenolic OH excluding ortho intramolecular Hbond substituents is 2. The average molecular weight is 631 g/mol. The summed E-state index contributed by atoms with van der Waals surface area (Å²) in [6, 6.07) is 12.1. The molecule has 1 saturated heterocycles. The van der Waals surface area contributed by atoms with Gasteiger partial charge in [0.1, 0.15) is 47.2 Å². The Morgan fingerprint density at radius 2 is 1.61 bits per heavy atom. The van der Waals surface area contributed by atoms with Gasteiger partial charge in [-0.3, -0.25) is 9.59 Å². The summed E-state index contributed by atoms with van der Waals surface area (Å²) in [5.41, 5.74) is 4.10. The van der Waals surface area contributed by atoms with Crippen molar-refractivity contribution in [3.05, 3.63) is 71.7 Å². The van der Waals surface area contributed by atoms with Crippen LogP contribution in [0.2, 0.25) is 0 Å². The lowest BCUT2D eigenvalue weighted by atomic mass is 9.96. The number of phenols is 2. The SMILES string of the molecule is O=C1c2c(c3c4ccc(O)cc4n(O[C@@H]4O[C@H](CO)[C@@H](O)[C@H](O)[C@H]4O)c3c3[nH]c4cc(O)ccc4c23)C(=O)N1NCc1ccco1. The number of aromatic amines is 1. The van der Waals surface area contributed by atoms with E-state index in [9.17, 15) is 40.2 Å². The molecule has 46 heavy (non-hydrogen) atoms. The topological polar surface area (TPSA) is 223 Å². The molecular weight excluding hydrogens is 604 g/mol. The summed E-state index contributed by atoms with van der Waals surface area (Å²) < 4.78 is 12.2. The number of carbonyl (C=O) groups excluding carboxylic acids is 2. The molecule has 2 aliphatic heterocycles. The number of aliphatic hydroxyl groups excluding tert-OH is 4. The van der Waals surface area contributed by atoms with Crippen molar-refractivity contribution in [3.8, 4) is 11.5 Å². The fourth-order valence-electron chi connectivity index (χ4n) is 6.43. The molecule has 1 fully saturated rings. The molecule has 0 bridgehead atoms. The Morgan fingerprint density at radius 1 is 0.891 bits per heavy atom. The van der Waals surface area contributed by atoms with Crippen LogP contribution in [0.5, 0.6) is 11.5 Å². The van der Waals surface area contributed by atoms with Crippen LogP contribution in [-0.2, 0) is 11.3 Å². The molecule has 8 rings (SSSR count). The maximum Gasteiger partial charge on any atom is 0.276 e. The molecule has 8 N–H and O–H groups in total. The van der Waals surface area contributed by atoms with Gasteiger partial charge in [-0.05, 0) is 36.4 Å². The Kier molecular flexibility index (Phi) is 6.27. The number of hydrogen-bond acceptors (Lipinski definition) is 12. The van der Waals surface area contributed by atoms with E-state index < -0.39 is 49.1 Å². The minimum Gasteiger partial charge on any atom is -0.508 e. The number of H-pyrrole nitrogens is 1. The largest absolute Gasteiger partial charge is 0.508 e. The second kappa shape index (κ2) is 10.2. The van der Waals surface area contributed by atoms with Crippen molar-refractivity contribution in [1.29, 1.82) is 0 Å². The first-order chi connectivity index (χ1) is 22.2. The van der Waals surface area contributed by atoms with E-state index >= 15 is 0 Å². The first-order valence-corrected chi connectivity index (χ1v) is 14.3. The number of nitrogens with zero attached hydrogens (tertiary/aromatic N) is 2. The number of imide groups is 1. The number of rotatable bonds is 6. The number of benzene rings is 3. The van der Waals surface area contributed by atoms with Crippen LogP contribution in [0.4, 0.5) is 0 Å². The van der Waals surface area contributed by atoms with E-state index in [1.165, 1.54) is 41.3 Å². The fraction of sp³-hybridized carbons (Fsp3) is 0.226. The number of hydrogen-bond donors (Lipinski definition) is 8. The van der Waals surface area contributed by atoms with Crippen LogP contribution in [0.3, 0.4) is 0 Å². The van der Waals surface area contributed by atoms with Crippen molar-refractivity contribution in [1.82, 2.24) is 20.1 Å². The van der Waals surface area contributed by atoms with E-state index in [1.54, 1.807) is 18.2 Å². The number of hydrazine groups is 1. The minimum absolute atomic E-state index is 0.0280. The Hall–Kier alpha value is -5.16. The number of fused-ring (bicyclic) bond motifs is 10. The third-order valence-electron chi connectivity index (χ3n) is 8.56. The molecule has 0 saturated carbocycles. The first kappa shape index (κ1) is 28.3. The van der Waals surface area contributed by atoms with Crippen molar-refractivity contribution in [2.24, 2.45) is 0 Å². The lowest BCUT2D eigenvalue weighted by molar-refractivity contribution is -0.298. The number of ether oxygens (including phenoxy) is 1. The average Bonchev–Trinajstić information content (AvgIpc) is 3.80. The van der Waals surface area contributed by atoms with Gasteiger partial charge >= 0.3 is 0 Å². The molecule has 0 spiro atoms. The zero-order valence-electron chi connectivity index (χ0n) is 23.6. The van der Waals surface area contributed by atoms with E-state index in [1.807, 2.05) is 0 Å². The highest BCUT2D eigenvalue weighted by Crippen LogP contribution is 2.45. The number of furan rings is 1. The molecule has 2 aliphatic rings. The number of aliphatic hydroxyl groups is 4. The van der Waals surface area contributed by atoms with Crippen LogP contribution in [0, 0.1) is 0 Å². The molecule has 5 atom stereocenters. The maximum absolute atomic E-state index is 14.2. The molecule has 15 nitrogen and oxygen atoms in total. The third-order valence-corrected chi connectivity index (χ3v) is 8.56. The lowest BCUT2D eigenvalue weighted by Crippen LogP contribution is -2.61. The monoisotopic (exact) mass is 630 g/mol. The van der Waals surface area contributed by atoms with Gasteiger partial charge in [0, 0.05) is 33.7 Å². The smallest absolute Gasteiger partial charge is 0.276 e. The van der Waals surface area contributed by atoms with E-state index in [2.05, 4.69) is 10.4 Å². The van der Waals surface area contributed by atoms with Gasteiger partial charge in [-0.25, -0.2) is 10.4 Å². The number of nitrogens with one attached hydrogen (secondary N) is 2. The highest BCUT2D eigenvalue weighted by molar-refractivity contribution is 6.39. The van der Waals surface area contributed by atoms with Crippen molar-refractivity contribution in [2.75, 3.05) is 6.61 Å². The zero-order chi connectivity index (χ0) is 32.0. The number of amides is 2. The summed E-state index contributed by atoms with van der Waals surface area (Å²) >= 11 is 0. The number of carbonyl (C=O) groups is 2. The van der Waals surface area contributed by atoms with Gasteiger partial charge in [0.05, 0.1) is 47.1 Å². The van der Waals surface area contributed by atoms with Crippen LogP contribution in [0.15, 0.2) is 59.2 Å². The Labute approximate surface area is 256 Å². The summed E-state index contributed by atoms with van der Waals surface area (Å²) in [7, 11) is 0. The van der Waals surface area contributed by atoms with Crippen molar-refractivity contribution in [2.45, 2.75) is 37.3 Å². The van der Waals surface area contributed by atoms with Crippen LogP contribution in [0.1, 0.15) is 26.5 Å². The normalized spacial score (nSPS) is 23.4.